The number of hydrogen-bond acceptors (Lipinski definition) is 4. The molecule has 1 amide bonds. The quantitative estimate of drug-likeness (QED) is 0.817. The van der Waals surface area contributed by atoms with E-state index in [1.807, 2.05) is 51.1 Å². The van der Waals surface area contributed by atoms with Crippen LogP contribution < -0.4 is 11.1 Å². The summed E-state index contributed by atoms with van der Waals surface area (Å²) < 4.78 is 10.4. The zero-order valence-corrected chi connectivity index (χ0v) is 13.4. The van der Waals surface area contributed by atoms with Gasteiger partial charge in [-0.25, -0.2) is 4.79 Å². The molecule has 1 rings (SSSR count). The maximum absolute atomic E-state index is 11.9. The summed E-state index contributed by atoms with van der Waals surface area (Å²) in [7, 11) is 0. The highest BCUT2D eigenvalue weighted by molar-refractivity contribution is 7.80. The highest BCUT2D eigenvalue weighted by Gasteiger charge is 2.20. The second kappa shape index (κ2) is 7.83. The first-order valence-corrected chi connectivity index (χ1v) is 7.13. The lowest BCUT2D eigenvalue weighted by Crippen LogP contribution is -2.43. The third-order valence-electron chi connectivity index (χ3n) is 2.47. The van der Waals surface area contributed by atoms with Crippen molar-refractivity contribution in [1.29, 1.82) is 0 Å². The number of amides is 1. The van der Waals surface area contributed by atoms with Gasteiger partial charge in [0.05, 0.1) is 6.04 Å². The van der Waals surface area contributed by atoms with Gasteiger partial charge in [0, 0.05) is 0 Å². The van der Waals surface area contributed by atoms with Crippen LogP contribution in [0, 0.1) is 0 Å². The van der Waals surface area contributed by atoms with E-state index >= 15 is 0 Å². The van der Waals surface area contributed by atoms with Crippen molar-refractivity contribution in [3.05, 3.63) is 35.9 Å². The lowest BCUT2D eigenvalue weighted by molar-refractivity contribution is 0.0486. The zero-order valence-electron chi connectivity index (χ0n) is 12.6. The van der Waals surface area contributed by atoms with Crippen LogP contribution in [0.5, 0.6) is 0 Å². The second-order valence-corrected chi connectivity index (χ2v) is 6.07. The summed E-state index contributed by atoms with van der Waals surface area (Å²) in [5.74, 6) is 0. The molecule has 0 aromatic heterocycles. The molecule has 0 spiro atoms. The summed E-state index contributed by atoms with van der Waals surface area (Å²) in [5, 5.41) is 2.73. The maximum atomic E-state index is 11.9. The van der Waals surface area contributed by atoms with Crippen molar-refractivity contribution in [2.24, 2.45) is 5.73 Å². The van der Waals surface area contributed by atoms with Crippen molar-refractivity contribution in [3.63, 3.8) is 0 Å². The summed E-state index contributed by atoms with van der Waals surface area (Å²) in [6.45, 7) is 5.63. The number of thiocarbonyl (C=S) groups is 1. The van der Waals surface area contributed by atoms with Gasteiger partial charge in [0.2, 0.25) is 0 Å². The molecule has 1 aromatic rings. The molecule has 0 radical (unpaired) electrons. The predicted molar refractivity (Wildman–Crippen MR) is 86.0 cm³/mol. The molecule has 0 aliphatic rings. The summed E-state index contributed by atoms with van der Waals surface area (Å²) in [6, 6.07) is 9.49. The van der Waals surface area contributed by atoms with Crippen molar-refractivity contribution in [3.8, 4) is 0 Å². The Balaban J connectivity index is 2.63. The van der Waals surface area contributed by atoms with Gasteiger partial charge < -0.3 is 20.5 Å². The van der Waals surface area contributed by atoms with Gasteiger partial charge in [-0.2, -0.15) is 0 Å². The third-order valence-corrected chi connectivity index (χ3v) is 2.59. The standard InChI is InChI=1S/C15H22N2O3S/c1-15(2,3)20-14(18)17-12(10-19-13(16)21)9-11-7-5-4-6-8-11/h4-8,12H,9-10H2,1-3H3,(H2,16,21)(H,17,18)/t12-/m0/s1. The molecule has 0 fully saturated rings. The van der Waals surface area contributed by atoms with Crippen LogP contribution in [0.2, 0.25) is 0 Å². The van der Waals surface area contributed by atoms with Crippen LogP contribution in [0.3, 0.4) is 0 Å². The first-order valence-electron chi connectivity index (χ1n) is 6.72. The Morgan fingerprint density at radius 3 is 2.48 bits per heavy atom. The van der Waals surface area contributed by atoms with Crippen LogP contribution in [-0.2, 0) is 15.9 Å². The maximum Gasteiger partial charge on any atom is 0.408 e. The van der Waals surface area contributed by atoms with Crippen LogP contribution in [0.1, 0.15) is 26.3 Å². The molecule has 1 atom stereocenters. The molecule has 5 nitrogen and oxygen atoms in total. The van der Waals surface area contributed by atoms with Crippen molar-refractivity contribution in [1.82, 2.24) is 5.32 Å². The van der Waals surface area contributed by atoms with E-state index in [0.29, 0.717) is 6.42 Å². The number of nitrogens with one attached hydrogen (secondary N) is 1. The highest BCUT2D eigenvalue weighted by atomic mass is 32.1. The van der Waals surface area contributed by atoms with Crippen LogP contribution >= 0.6 is 12.2 Å². The largest absolute Gasteiger partial charge is 0.469 e. The molecule has 0 heterocycles. The molecule has 0 saturated heterocycles. The fourth-order valence-electron chi connectivity index (χ4n) is 1.71. The summed E-state index contributed by atoms with van der Waals surface area (Å²) in [4.78, 5) is 11.9. The third kappa shape index (κ3) is 8.14. The van der Waals surface area contributed by atoms with Gasteiger partial charge in [0.1, 0.15) is 12.2 Å². The minimum absolute atomic E-state index is 0.0425. The molecule has 21 heavy (non-hydrogen) atoms. The SMILES string of the molecule is CC(C)(C)OC(=O)N[C@H](COC(N)=S)Cc1ccccc1. The molecule has 0 saturated carbocycles. The Morgan fingerprint density at radius 2 is 1.95 bits per heavy atom. The molecule has 0 aliphatic carbocycles. The first-order chi connectivity index (χ1) is 9.76. The number of carbonyl (C=O) groups is 1. The highest BCUT2D eigenvalue weighted by Crippen LogP contribution is 2.08. The molecular formula is C15H22N2O3S. The smallest absolute Gasteiger partial charge is 0.408 e. The Kier molecular flexibility index (Phi) is 6.42. The van der Waals surface area contributed by atoms with Gasteiger partial charge in [0.15, 0.2) is 0 Å². The van der Waals surface area contributed by atoms with Crippen molar-refractivity contribution in [2.75, 3.05) is 6.61 Å². The average molecular weight is 310 g/mol. The minimum Gasteiger partial charge on any atom is -0.469 e. The normalized spacial score (nSPS) is 12.3. The lowest BCUT2D eigenvalue weighted by atomic mass is 10.1. The molecular weight excluding hydrogens is 288 g/mol. The van der Waals surface area contributed by atoms with E-state index in [-0.39, 0.29) is 17.8 Å². The van der Waals surface area contributed by atoms with E-state index in [1.165, 1.54) is 0 Å². The number of ether oxygens (including phenoxy) is 2. The average Bonchev–Trinajstić information content (AvgIpc) is 2.34. The van der Waals surface area contributed by atoms with Crippen LogP contribution in [0.4, 0.5) is 4.79 Å². The van der Waals surface area contributed by atoms with Gasteiger partial charge >= 0.3 is 6.09 Å². The predicted octanol–water partition coefficient (Wildman–Crippen LogP) is 2.38. The van der Waals surface area contributed by atoms with E-state index < -0.39 is 11.7 Å². The number of nitrogens with two attached hydrogens (primary N) is 1. The summed E-state index contributed by atoms with van der Waals surface area (Å²) >= 11 is 4.69. The van der Waals surface area contributed by atoms with E-state index in [0.717, 1.165) is 5.56 Å². The number of carbonyl (C=O) groups excluding carboxylic acids is 1. The Labute approximate surface area is 130 Å². The molecule has 0 unspecified atom stereocenters. The first kappa shape index (κ1) is 17.2. The van der Waals surface area contributed by atoms with E-state index in [4.69, 9.17) is 27.4 Å². The topological polar surface area (TPSA) is 73.6 Å². The van der Waals surface area contributed by atoms with Crippen LogP contribution in [-0.4, -0.2) is 29.5 Å². The fourth-order valence-corrected chi connectivity index (χ4v) is 1.78. The zero-order chi connectivity index (χ0) is 15.9. The van der Waals surface area contributed by atoms with E-state index in [9.17, 15) is 4.79 Å². The Hall–Kier alpha value is -1.82. The fraction of sp³-hybridized carbons (Fsp3) is 0.467. The van der Waals surface area contributed by atoms with Crippen LogP contribution in [0.25, 0.3) is 0 Å². The number of alkyl carbamates (subject to hydrolysis) is 1. The van der Waals surface area contributed by atoms with Gasteiger partial charge in [0.25, 0.3) is 5.17 Å². The van der Waals surface area contributed by atoms with Gasteiger partial charge in [-0.05, 0) is 45.0 Å². The lowest BCUT2D eigenvalue weighted by Gasteiger charge is -2.23. The van der Waals surface area contributed by atoms with E-state index in [2.05, 4.69) is 5.32 Å². The minimum atomic E-state index is -0.550. The summed E-state index contributed by atoms with van der Waals surface area (Å²) in [5.41, 5.74) is 5.86. The number of hydrogen-bond donors (Lipinski definition) is 2. The molecule has 3 N–H and O–H groups in total. The molecule has 0 bridgehead atoms. The molecule has 116 valence electrons. The number of benzene rings is 1. The second-order valence-electron chi connectivity index (χ2n) is 5.66. The van der Waals surface area contributed by atoms with Gasteiger partial charge in [-0.1, -0.05) is 30.3 Å². The van der Waals surface area contributed by atoms with Crippen molar-refractivity contribution >= 4 is 23.5 Å². The monoisotopic (exact) mass is 310 g/mol. The number of rotatable bonds is 5. The van der Waals surface area contributed by atoms with Crippen LogP contribution in [0.15, 0.2) is 30.3 Å². The van der Waals surface area contributed by atoms with Gasteiger partial charge in [-0.15, -0.1) is 0 Å². The molecule has 1 aromatic carbocycles. The molecule has 0 aliphatic heterocycles. The van der Waals surface area contributed by atoms with Crippen molar-refractivity contribution in [2.45, 2.75) is 38.8 Å². The van der Waals surface area contributed by atoms with Gasteiger partial charge in [-0.3, -0.25) is 0 Å². The van der Waals surface area contributed by atoms with Crippen molar-refractivity contribution < 1.29 is 14.3 Å². The summed E-state index contributed by atoms with van der Waals surface area (Å²) in [6.07, 6.45) is 0.109. The van der Waals surface area contributed by atoms with E-state index in [1.54, 1.807) is 0 Å². The molecule has 6 heteroatoms. The Morgan fingerprint density at radius 1 is 1.33 bits per heavy atom. The Bertz CT molecular complexity index is 472.